The van der Waals surface area contributed by atoms with E-state index in [4.69, 9.17) is 5.73 Å². The molecular weight excluding hydrogens is 256 g/mol. The van der Waals surface area contributed by atoms with Crippen molar-refractivity contribution in [3.8, 4) is 0 Å². The molecule has 0 aromatic heterocycles. The molecule has 1 heterocycles. The van der Waals surface area contributed by atoms with Crippen LogP contribution in [0.5, 0.6) is 0 Å². The number of nitrogen functional groups attached to an aromatic ring is 1. The van der Waals surface area contributed by atoms with Gasteiger partial charge in [-0.05, 0) is 24.6 Å². The Bertz CT molecular complexity index is 548. The monoisotopic (exact) mass is 272 g/mol. The topological polar surface area (TPSA) is 104 Å². The molecule has 1 aliphatic rings. The maximum Gasteiger partial charge on any atom is 0.243 e. The Kier molecular flexibility index (Phi) is 3.33. The van der Waals surface area contributed by atoms with E-state index in [0.717, 1.165) is 4.31 Å². The molecule has 100 valence electrons. The van der Waals surface area contributed by atoms with E-state index >= 15 is 0 Å². The van der Waals surface area contributed by atoms with Crippen molar-refractivity contribution < 1.29 is 18.6 Å². The maximum atomic E-state index is 12.3. The lowest BCUT2D eigenvalue weighted by Gasteiger charge is -2.17. The number of aliphatic hydroxyl groups is 2. The molecule has 1 aromatic rings. The van der Waals surface area contributed by atoms with Gasteiger partial charge in [-0.2, -0.15) is 4.31 Å². The Labute approximate surface area is 106 Å². The number of anilines is 1. The summed E-state index contributed by atoms with van der Waals surface area (Å²) < 4.78 is 25.8. The Morgan fingerprint density at radius 1 is 1.28 bits per heavy atom. The molecule has 1 aliphatic heterocycles. The average molecular weight is 272 g/mol. The van der Waals surface area contributed by atoms with Crippen molar-refractivity contribution in [2.75, 3.05) is 18.8 Å². The van der Waals surface area contributed by atoms with Gasteiger partial charge >= 0.3 is 0 Å². The summed E-state index contributed by atoms with van der Waals surface area (Å²) >= 11 is 0. The number of nitrogens with zero attached hydrogens (tertiary/aromatic N) is 1. The molecule has 0 spiro atoms. The van der Waals surface area contributed by atoms with Crippen LogP contribution in [0.3, 0.4) is 0 Å². The molecule has 1 aromatic carbocycles. The summed E-state index contributed by atoms with van der Waals surface area (Å²) in [7, 11) is -3.72. The highest BCUT2D eigenvalue weighted by atomic mass is 32.2. The number of rotatable bonds is 2. The number of aliphatic hydroxyl groups excluding tert-OH is 2. The fourth-order valence-corrected chi connectivity index (χ4v) is 3.71. The van der Waals surface area contributed by atoms with Gasteiger partial charge in [0.25, 0.3) is 0 Å². The molecule has 0 radical (unpaired) electrons. The first-order valence-electron chi connectivity index (χ1n) is 5.55. The molecule has 4 N–H and O–H groups in total. The molecule has 7 heteroatoms. The van der Waals surface area contributed by atoms with Gasteiger partial charge in [0, 0.05) is 18.8 Å². The number of hydrogen-bond donors (Lipinski definition) is 3. The van der Waals surface area contributed by atoms with Gasteiger partial charge in [0.15, 0.2) is 0 Å². The zero-order valence-electron chi connectivity index (χ0n) is 9.94. The highest BCUT2D eigenvalue weighted by Crippen LogP contribution is 2.26. The Morgan fingerprint density at radius 3 is 2.39 bits per heavy atom. The van der Waals surface area contributed by atoms with Crippen molar-refractivity contribution in [2.45, 2.75) is 24.0 Å². The molecule has 1 fully saturated rings. The number of sulfonamides is 1. The van der Waals surface area contributed by atoms with Crippen molar-refractivity contribution >= 4 is 15.7 Å². The number of benzene rings is 1. The highest BCUT2D eigenvalue weighted by Gasteiger charge is 2.38. The standard InChI is InChI=1S/C11H16N2O4S/c1-7-8(12)3-2-4-11(7)18(16,17)13-5-9(14)10(15)6-13/h2-4,9-10,14-15H,5-6,12H2,1H3/t9-,10+. The second kappa shape index (κ2) is 4.51. The molecule has 0 bridgehead atoms. The van der Waals surface area contributed by atoms with E-state index in [1.807, 2.05) is 0 Å². The smallest absolute Gasteiger partial charge is 0.243 e. The third-order valence-electron chi connectivity index (χ3n) is 3.17. The molecular formula is C11H16N2O4S. The van der Waals surface area contributed by atoms with E-state index in [2.05, 4.69) is 0 Å². The van der Waals surface area contributed by atoms with E-state index in [0.29, 0.717) is 11.3 Å². The van der Waals surface area contributed by atoms with Gasteiger partial charge in [0.2, 0.25) is 10.0 Å². The molecule has 0 unspecified atom stereocenters. The summed E-state index contributed by atoms with van der Waals surface area (Å²) in [6, 6.07) is 4.66. The summed E-state index contributed by atoms with van der Waals surface area (Å²) in [6.07, 6.45) is -2.08. The quantitative estimate of drug-likeness (QED) is 0.618. The number of hydrogen-bond acceptors (Lipinski definition) is 5. The molecule has 6 nitrogen and oxygen atoms in total. The van der Waals surface area contributed by atoms with Crippen LogP contribution in [0.25, 0.3) is 0 Å². The predicted molar refractivity (Wildman–Crippen MR) is 66.4 cm³/mol. The van der Waals surface area contributed by atoms with Crippen LogP contribution < -0.4 is 5.73 Å². The minimum atomic E-state index is -3.72. The van der Waals surface area contributed by atoms with Crippen LogP contribution in [0, 0.1) is 6.92 Å². The molecule has 0 saturated carbocycles. The minimum absolute atomic E-state index is 0.0995. The Balaban J connectivity index is 2.41. The third kappa shape index (κ3) is 2.10. The van der Waals surface area contributed by atoms with Crippen molar-refractivity contribution in [2.24, 2.45) is 0 Å². The SMILES string of the molecule is Cc1c(N)cccc1S(=O)(=O)N1C[C@@H](O)[C@@H](O)C1. The lowest BCUT2D eigenvalue weighted by atomic mass is 10.2. The lowest BCUT2D eigenvalue weighted by molar-refractivity contribution is 0.0572. The largest absolute Gasteiger partial charge is 0.398 e. The van der Waals surface area contributed by atoms with Gasteiger partial charge in [0.05, 0.1) is 17.1 Å². The van der Waals surface area contributed by atoms with E-state index < -0.39 is 22.2 Å². The molecule has 18 heavy (non-hydrogen) atoms. The zero-order chi connectivity index (χ0) is 13.5. The minimum Gasteiger partial charge on any atom is -0.398 e. The summed E-state index contributed by atoms with van der Waals surface area (Å²) in [6.45, 7) is 1.43. The second-order valence-corrected chi connectivity index (χ2v) is 6.33. The van der Waals surface area contributed by atoms with Gasteiger partial charge in [0.1, 0.15) is 0 Å². The number of β-amino-alcohol motifs (C(OH)–C–C–N with tert-alkyl or cyclic N) is 2. The van der Waals surface area contributed by atoms with E-state index in [1.165, 1.54) is 6.07 Å². The fraction of sp³-hybridized carbons (Fsp3) is 0.455. The van der Waals surface area contributed by atoms with Crippen LogP contribution in [0.15, 0.2) is 23.1 Å². The van der Waals surface area contributed by atoms with Crippen LogP contribution >= 0.6 is 0 Å². The average Bonchev–Trinajstić information content (AvgIpc) is 2.63. The molecule has 0 amide bonds. The van der Waals surface area contributed by atoms with Gasteiger partial charge < -0.3 is 15.9 Å². The van der Waals surface area contributed by atoms with Crippen LogP contribution in [0.2, 0.25) is 0 Å². The van der Waals surface area contributed by atoms with Gasteiger partial charge in [-0.1, -0.05) is 6.07 Å². The van der Waals surface area contributed by atoms with E-state index in [1.54, 1.807) is 19.1 Å². The highest BCUT2D eigenvalue weighted by molar-refractivity contribution is 7.89. The zero-order valence-corrected chi connectivity index (χ0v) is 10.8. The van der Waals surface area contributed by atoms with Gasteiger partial charge in [-0.25, -0.2) is 8.42 Å². The van der Waals surface area contributed by atoms with Crippen LogP contribution in [0.4, 0.5) is 5.69 Å². The van der Waals surface area contributed by atoms with E-state index in [-0.39, 0.29) is 18.0 Å². The van der Waals surface area contributed by atoms with Crippen LogP contribution in [-0.2, 0) is 10.0 Å². The van der Waals surface area contributed by atoms with Crippen molar-refractivity contribution in [1.82, 2.24) is 4.31 Å². The van der Waals surface area contributed by atoms with E-state index in [9.17, 15) is 18.6 Å². The first-order chi connectivity index (χ1) is 8.34. The van der Waals surface area contributed by atoms with Crippen molar-refractivity contribution in [3.05, 3.63) is 23.8 Å². The summed E-state index contributed by atoms with van der Waals surface area (Å²) in [4.78, 5) is 0.115. The molecule has 2 atom stereocenters. The fourth-order valence-electron chi connectivity index (χ4n) is 1.98. The van der Waals surface area contributed by atoms with Crippen LogP contribution in [0.1, 0.15) is 5.56 Å². The van der Waals surface area contributed by atoms with Gasteiger partial charge in [-0.15, -0.1) is 0 Å². The van der Waals surface area contributed by atoms with Gasteiger partial charge in [-0.3, -0.25) is 0 Å². The molecule has 2 rings (SSSR count). The Morgan fingerprint density at radius 2 is 1.83 bits per heavy atom. The van der Waals surface area contributed by atoms with Crippen molar-refractivity contribution in [3.63, 3.8) is 0 Å². The molecule has 0 aliphatic carbocycles. The molecule has 1 saturated heterocycles. The predicted octanol–water partition coefficient (Wildman–Crippen LogP) is -0.697. The second-order valence-electron chi connectivity index (χ2n) is 4.43. The maximum absolute atomic E-state index is 12.3. The first kappa shape index (κ1) is 13.3. The summed E-state index contributed by atoms with van der Waals surface area (Å²) in [5, 5.41) is 18.8. The lowest BCUT2D eigenvalue weighted by Crippen LogP contribution is -2.30. The van der Waals surface area contributed by atoms with Crippen LogP contribution in [-0.4, -0.2) is 48.2 Å². The summed E-state index contributed by atoms with van der Waals surface area (Å²) in [5.74, 6) is 0. The number of nitrogens with two attached hydrogens (primary N) is 1. The van der Waals surface area contributed by atoms with Crippen molar-refractivity contribution in [1.29, 1.82) is 0 Å². The first-order valence-corrected chi connectivity index (χ1v) is 6.99. The normalized spacial score (nSPS) is 25.5. The third-order valence-corrected chi connectivity index (χ3v) is 5.15. The Hall–Kier alpha value is -1.15. The summed E-state index contributed by atoms with van der Waals surface area (Å²) in [5.41, 5.74) is 6.57.